The smallest absolute Gasteiger partial charge is 0.247 e. The van der Waals surface area contributed by atoms with E-state index >= 15 is 0 Å². The first-order valence-electron chi connectivity index (χ1n) is 11.9. The zero-order chi connectivity index (χ0) is 25.1. The Hall–Kier alpha value is -2.18. The van der Waals surface area contributed by atoms with Crippen LogP contribution in [0, 0.1) is 15.4 Å². The van der Waals surface area contributed by atoms with Crippen LogP contribution in [0.5, 0.6) is 11.5 Å². The van der Waals surface area contributed by atoms with Crippen molar-refractivity contribution in [2.45, 2.75) is 50.4 Å². The zero-order valence-corrected chi connectivity index (χ0v) is 21.8. The van der Waals surface area contributed by atoms with E-state index in [1.54, 1.807) is 23.1 Å². The predicted molar refractivity (Wildman–Crippen MR) is 135 cm³/mol. The monoisotopic (exact) mass is 598 g/mol. The summed E-state index contributed by atoms with van der Waals surface area (Å²) in [7, 11) is 1.46. The van der Waals surface area contributed by atoms with Crippen molar-refractivity contribution in [2.24, 2.45) is 11.8 Å². The molecular weight excluding hydrogens is 567 g/mol. The number of aldehydes is 1. The van der Waals surface area contributed by atoms with Crippen LogP contribution in [0.3, 0.4) is 0 Å². The Morgan fingerprint density at radius 3 is 2.60 bits per heavy atom. The van der Waals surface area contributed by atoms with Gasteiger partial charge in [-0.05, 0) is 72.4 Å². The normalized spacial score (nSPS) is 23.8. The summed E-state index contributed by atoms with van der Waals surface area (Å²) in [6, 6.07) is 2.57. The van der Waals surface area contributed by atoms with Crippen molar-refractivity contribution in [1.82, 2.24) is 10.2 Å². The van der Waals surface area contributed by atoms with Gasteiger partial charge in [0.2, 0.25) is 11.8 Å². The minimum atomic E-state index is -1.07. The van der Waals surface area contributed by atoms with Crippen molar-refractivity contribution in [2.75, 3.05) is 26.8 Å². The molecule has 0 heterocycles. The number of hydrogen-bond donors (Lipinski definition) is 3. The molecular formula is C25H31IN2O7. The molecule has 0 bridgehead atoms. The lowest BCUT2D eigenvalue weighted by atomic mass is 9.87. The number of halogens is 1. The highest BCUT2D eigenvalue weighted by Crippen LogP contribution is 2.40. The lowest BCUT2D eigenvalue weighted by molar-refractivity contribution is -0.140. The van der Waals surface area contributed by atoms with Crippen LogP contribution in [0.4, 0.5) is 0 Å². The Balaban J connectivity index is 1.66. The molecule has 2 amide bonds. The molecule has 0 radical (unpaired) electrons. The second-order valence-corrected chi connectivity index (χ2v) is 10.5. The van der Waals surface area contributed by atoms with Crippen LogP contribution in [0.2, 0.25) is 0 Å². The van der Waals surface area contributed by atoms with Gasteiger partial charge in [0.25, 0.3) is 0 Å². The van der Waals surface area contributed by atoms with Gasteiger partial charge in [0.15, 0.2) is 11.5 Å². The number of carbonyl (C=O) groups is 3. The standard InChI is InChI=1S/C25H31IN2O7/c1-34-21-9-15(13-30)8-18(26)23(21)35-20-11-17(24(32)27-6-7-29)10-19(22(20)31)28(12-14-2-3-14)25(33)16-4-5-16/h8-9,11,13-14,16,19-20,22,29,31H,2-7,10,12H2,1H3,(H,27,32). The summed E-state index contributed by atoms with van der Waals surface area (Å²) >= 11 is 2.03. The highest BCUT2D eigenvalue weighted by molar-refractivity contribution is 14.1. The van der Waals surface area contributed by atoms with Gasteiger partial charge >= 0.3 is 0 Å². The van der Waals surface area contributed by atoms with E-state index in [2.05, 4.69) is 5.32 Å². The van der Waals surface area contributed by atoms with Gasteiger partial charge in [0.1, 0.15) is 18.5 Å². The third-order valence-corrected chi connectivity index (χ3v) is 7.42. The van der Waals surface area contributed by atoms with E-state index in [1.807, 2.05) is 22.6 Å². The highest BCUT2D eigenvalue weighted by atomic mass is 127. The van der Waals surface area contributed by atoms with Gasteiger partial charge in [-0.1, -0.05) is 0 Å². The summed E-state index contributed by atoms with van der Waals surface area (Å²) in [5.41, 5.74) is 0.813. The number of nitrogens with one attached hydrogen (secondary N) is 1. The molecule has 0 aromatic heterocycles. The van der Waals surface area contributed by atoms with E-state index in [9.17, 15) is 19.5 Å². The van der Waals surface area contributed by atoms with Crippen LogP contribution in [0.15, 0.2) is 23.8 Å². The molecule has 0 saturated heterocycles. The Bertz CT molecular complexity index is 1010. The molecule has 1 aromatic rings. The molecule has 3 atom stereocenters. The molecule has 2 saturated carbocycles. The number of nitrogens with zero attached hydrogens (tertiary/aromatic N) is 1. The lowest BCUT2D eigenvalue weighted by Crippen LogP contribution is -2.56. The molecule has 3 aliphatic carbocycles. The summed E-state index contributed by atoms with van der Waals surface area (Å²) in [4.78, 5) is 39.1. The van der Waals surface area contributed by atoms with Gasteiger partial charge in [0, 0.05) is 36.6 Å². The molecule has 190 valence electrons. The van der Waals surface area contributed by atoms with Crippen molar-refractivity contribution in [1.29, 1.82) is 0 Å². The van der Waals surface area contributed by atoms with Crippen molar-refractivity contribution >= 4 is 40.7 Å². The summed E-state index contributed by atoms with van der Waals surface area (Å²) in [5, 5.41) is 23.2. The summed E-state index contributed by atoms with van der Waals surface area (Å²) < 4.78 is 12.3. The first-order valence-corrected chi connectivity index (χ1v) is 13.0. The number of methoxy groups -OCH3 is 1. The van der Waals surface area contributed by atoms with Crippen LogP contribution in [-0.2, 0) is 9.59 Å². The second-order valence-electron chi connectivity index (χ2n) is 9.38. The first-order chi connectivity index (χ1) is 16.9. The van der Waals surface area contributed by atoms with Crippen LogP contribution in [0.1, 0.15) is 42.5 Å². The number of amides is 2. The lowest BCUT2D eigenvalue weighted by Gasteiger charge is -2.41. The third-order valence-electron chi connectivity index (χ3n) is 6.62. The fourth-order valence-electron chi connectivity index (χ4n) is 4.37. The molecule has 2 fully saturated rings. The quantitative estimate of drug-likeness (QED) is 0.262. The summed E-state index contributed by atoms with van der Waals surface area (Å²) in [5.74, 6) is 0.731. The van der Waals surface area contributed by atoms with E-state index in [1.165, 1.54) is 7.11 Å². The molecule has 0 aliphatic heterocycles. The number of aliphatic hydroxyl groups is 2. The zero-order valence-electron chi connectivity index (χ0n) is 19.6. The Labute approximate surface area is 218 Å². The van der Waals surface area contributed by atoms with Gasteiger partial charge in [-0.15, -0.1) is 0 Å². The van der Waals surface area contributed by atoms with Crippen LogP contribution >= 0.6 is 22.6 Å². The Kier molecular flexibility index (Phi) is 8.33. The first kappa shape index (κ1) is 25.9. The SMILES string of the molecule is COc1cc(C=O)cc(I)c1OC1C=C(C(=O)NCCO)CC(N(CC2CC2)C(=O)C2CC2)C1O. The molecule has 3 aliphatic rings. The summed E-state index contributed by atoms with van der Waals surface area (Å²) in [6.45, 7) is 0.461. The minimum Gasteiger partial charge on any atom is -0.493 e. The highest BCUT2D eigenvalue weighted by Gasteiger charge is 2.45. The number of aliphatic hydroxyl groups excluding tert-OH is 2. The van der Waals surface area contributed by atoms with Gasteiger partial charge in [-0.2, -0.15) is 0 Å². The maximum absolute atomic E-state index is 13.2. The number of carbonyl (C=O) groups excluding carboxylic acids is 3. The van der Waals surface area contributed by atoms with Gasteiger partial charge < -0.3 is 29.9 Å². The van der Waals surface area contributed by atoms with Crippen LogP contribution in [-0.4, -0.2) is 78.3 Å². The Morgan fingerprint density at radius 1 is 1.26 bits per heavy atom. The van der Waals surface area contributed by atoms with E-state index in [4.69, 9.17) is 14.6 Å². The summed E-state index contributed by atoms with van der Waals surface area (Å²) in [6.07, 6.45) is 4.28. The molecule has 3 unspecified atom stereocenters. The van der Waals surface area contributed by atoms with Crippen LogP contribution < -0.4 is 14.8 Å². The molecule has 3 N–H and O–H groups in total. The van der Waals surface area contributed by atoms with Gasteiger partial charge in [0.05, 0.1) is 23.3 Å². The van der Waals surface area contributed by atoms with Crippen molar-refractivity contribution in [3.63, 3.8) is 0 Å². The fraction of sp³-hybridized carbons (Fsp3) is 0.560. The molecule has 9 nitrogen and oxygen atoms in total. The predicted octanol–water partition coefficient (Wildman–Crippen LogP) is 1.68. The third kappa shape index (κ3) is 6.15. The number of benzene rings is 1. The average molecular weight is 598 g/mol. The van der Waals surface area contributed by atoms with E-state index in [-0.39, 0.29) is 37.3 Å². The molecule has 1 aromatic carbocycles. The number of rotatable bonds is 11. The maximum atomic E-state index is 13.2. The molecule has 0 spiro atoms. The van der Waals surface area contributed by atoms with Crippen molar-refractivity contribution < 1.29 is 34.1 Å². The Morgan fingerprint density at radius 2 is 2.00 bits per heavy atom. The van der Waals surface area contributed by atoms with Crippen molar-refractivity contribution in [3.05, 3.63) is 32.9 Å². The number of ether oxygens (including phenoxy) is 2. The molecule has 35 heavy (non-hydrogen) atoms. The van der Waals surface area contributed by atoms with E-state index < -0.39 is 18.2 Å². The van der Waals surface area contributed by atoms with E-state index in [0.29, 0.717) is 45.0 Å². The van der Waals surface area contributed by atoms with Crippen LogP contribution in [0.25, 0.3) is 0 Å². The minimum absolute atomic E-state index is 0.0187. The number of hydrogen-bond acceptors (Lipinski definition) is 7. The van der Waals surface area contributed by atoms with E-state index in [0.717, 1.165) is 25.7 Å². The largest absolute Gasteiger partial charge is 0.493 e. The maximum Gasteiger partial charge on any atom is 0.247 e. The molecule has 4 rings (SSSR count). The second kappa shape index (κ2) is 11.3. The van der Waals surface area contributed by atoms with Crippen molar-refractivity contribution in [3.8, 4) is 11.5 Å². The molecule has 10 heteroatoms. The fourth-order valence-corrected chi connectivity index (χ4v) is 5.12. The topological polar surface area (TPSA) is 125 Å². The van der Waals surface area contributed by atoms with Gasteiger partial charge in [-0.25, -0.2) is 0 Å². The average Bonchev–Trinajstić information content (AvgIpc) is 3.77. The van der Waals surface area contributed by atoms with Gasteiger partial charge in [-0.3, -0.25) is 14.4 Å².